The second-order valence-corrected chi connectivity index (χ2v) is 61.2. The zero-order valence-corrected chi connectivity index (χ0v) is 103. The Kier molecular flexibility index (Phi) is 47.7. The van der Waals surface area contributed by atoms with Crippen LogP contribution in [0.15, 0.2) is 224 Å². The van der Waals surface area contributed by atoms with E-state index in [0.29, 0.717) is 29.7 Å². The van der Waals surface area contributed by atoms with Crippen molar-refractivity contribution in [2.45, 2.75) is 292 Å². The molecule has 0 radical (unpaired) electrons. The summed E-state index contributed by atoms with van der Waals surface area (Å²) in [5.74, 6) is 3.63. The number of benzene rings is 10. The Hall–Kier alpha value is -6.07. The summed E-state index contributed by atoms with van der Waals surface area (Å²) in [7, 11) is 38.1. The molecule has 5 fully saturated rings. The van der Waals surface area contributed by atoms with Crippen molar-refractivity contribution in [2.75, 3.05) is 90.5 Å². The summed E-state index contributed by atoms with van der Waals surface area (Å²) < 4.78 is 17.4. The fourth-order valence-corrected chi connectivity index (χ4v) is 27.5. The van der Waals surface area contributed by atoms with Gasteiger partial charge in [-0.05, 0) is 179 Å². The molecular formula is C125H169Cl7N8O2Ru3-4. The van der Waals surface area contributed by atoms with Crippen LogP contribution in [0.2, 0.25) is 0 Å². The van der Waals surface area contributed by atoms with Gasteiger partial charge in [-0.2, -0.15) is 13.3 Å². The molecule has 5 heterocycles. The van der Waals surface area contributed by atoms with E-state index in [1.807, 2.05) is 110 Å². The number of nitrogens with zero attached hydrogens (tertiary/aromatic N) is 8. The van der Waals surface area contributed by atoms with Gasteiger partial charge in [0, 0.05) is 78.3 Å². The van der Waals surface area contributed by atoms with Crippen LogP contribution in [0, 0.1) is 58.0 Å². The van der Waals surface area contributed by atoms with Crippen molar-refractivity contribution in [3.63, 3.8) is 0 Å². The van der Waals surface area contributed by atoms with Crippen LogP contribution in [0.5, 0.6) is 11.5 Å². The molecule has 145 heavy (non-hydrogen) atoms. The van der Waals surface area contributed by atoms with Gasteiger partial charge in [0.05, 0.1) is 26.7 Å². The number of aryl methyl sites for hydroxylation is 7. The molecule has 0 amide bonds. The number of quaternary nitrogens is 1. The Morgan fingerprint density at radius 2 is 0.828 bits per heavy atom. The molecule has 10 nitrogen and oxygen atoms in total. The number of hydrogen-bond acceptors (Lipinski definition) is 9. The first kappa shape index (κ1) is 122. The number of ether oxygens (including phenoxy) is 2. The Morgan fingerprint density at radius 1 is 0.434 bits per heavy atom. The van der Waals surface area contributed by atoms with Gasteiger partial charge in [-0.3, -0.25) is 4.90 Å². The van der Waals surface area contributed by atoms with Crippen LogP contribution >= 0.6 is 58.1 Å². The predicted molar refractivity (Wildman–Crippen MR) is 622 cm³/mol. The van der Waals surface area contributed by atoms with Crippen LogP contribution in [-0.4, -0.2) is 123 Å². The van der Waals surface area contributed by atoms with Crippen molar-refractivity contribution >= 4 is 105 Å². The van der Waals surface area contributed by atoms with Crippen molar-refractivity contribution in [3.8, 4) is 11.5 Å². The average Bonchev–Trinajstić information content (AvgIpc) is 1.62. The summed E-state index contributed by atoms with van der Waals surface area (Å²) in [4.78, 5) is 17.9. The van der Waals surface area contributed by atoms with Crippen LogP contribution in [0.3, 0.4) is 0 Å². The Morgan fingerprint density at radius 3 is 1.21 bits per heavy atom. The minimum atomic E-state index is -1.88. The topological polar surface area (TPSA) is 41.1 Å². The van der Waals surface area contributed by atoms with Crippen molar-refractivity contribution < 1.29 is 66.9 Å². The van der Waals surface area contributed by atoms with Crippen LogP contribution in [0.1, 0.15) is 304 Å². The second-order valence-electron chi connectivity index (χ2n) is 43.9. The number of likely N-dealkylation sites (N-methyl/N-ethyl adjacent to an activating group) is 1. The molecule has 5 saturated heterocycles. The van der Waals surface area contributed by atoms with Gasteiger partial charge in [0.15, 0.2) is 0 Å². The van der Waals surface area contributed by atoms with Gasteiger partial charge in [0.25, 0.3) is 0 Å². The van der Waals surface area contributed by atoms with E-state index in [1.165, 1.54) is 168 Å². The van der Waals surface area contributed by atoms with Crippen molar-refractivity contribution in [3.05, 3.63) is 345 Å². The molecule has 5 aliphatic heterocycles. The van der Waals surface area contributed by atoms with Gasteiger partial charge in [0.1, 0.15) is 0 Å². The molecule has 1 unspecified atom stereocenters. The molecule has 1 atom stereocenters. The van der Waals surface area contributed by atoms with Crippen molar-refractivity contribution in [2.24, 2.45) is 10.8 Å². The zero-order valence-electron chi connectivity index (χ0n) is 92.3. The zero-order chi connectivity index (χ0) is 105. The van der Waals surface area contributed by atoms with Crippen LogP contribution in [0.4, 0.5) is 28.4 Å². The third-order valence-corrected chi connectivity index (χ3v) is 34.7. The fourth-order valence-electron chi connectivity index (χ4n) is 21.4. The van der Waals surface area contributed by atoms with Gasteiger partial charge < -0.3 is 46.3 Å². The minimum absolute atomic E-state index is 0. The molecule has 0 spiro atoms. The number of para-hydroxylation sites is 6. The number of rotatable bonds is 25. The molecule has 0 aromatic heterocycles. The molecule has 0 saturated carbocycles. The monoisotopic (exact) mass is 2360 g/mol. The maximum atomic E-state index is 6.19. The second kappa shape index (κ2) is 56.5. The molecule has 6 aliphatic rings. The first-order valence-electron chi connectivity index (χ1n) is 52.3. The summed E-state index contributed by atoms with van der Waals surface area (Å²) in [6.07, 6.45) is 9.30. The SMILES string of the molecule is CC(C)Oc1ccccc1[CH]=[Ru]([Cl])[Cl].CC(C)Oc1ccccc1[CH]=[Ru]([Cl])[Cl].CC[N+]1(C)CCN(CC2CN(c3c(C(C)C)cccc3C(C)C)[CH-]N2c2c(C(C)C)cccc2C(C)C)CC1.CCc1cccc(CC)c1N1[CH-]C(C)(C)CC1(C)C.CCc1cccc(CC)c1N1[CH-]C(C)(C)CC1(C)C.Cc1cc(C)c(N2[CH-]N(Cc3ccccc3)CC2)c(C)c1.[Cl-].[Cl][Ru]([Cl])=[C]1C=C(c2ccccc2)c2ccccc21. The summed E-state index contributed by atoms with van der Waals surface area (Å²) in [5, 5.41) is 0. The molecule has 0 bridgehead atoms. The predicted octanol–water partition coefficient (Wildman–Crippen LogP) is 30.5. The number of halogens is 7. The average molecular weight is 2370 g/mol. The Labute approximate surface area is 923 Å². The first-order chi connectivity index (χ1) is 68.1. The molecule has 20 heteroatoms. The van der Waals surface area contributed by atoms with E-state index in [1.54, 1.807) is 0 Å². The quantitative estimate of drug-likeness (QED) is 0.0316. The number of allylic oxidation sites excluding steroid dienone is 1. The van der Waals surface area contributed by atoms with E-state index in [2.05, 4.69) is 386 Å². The van der Waals surface area contributed by atoms with Gasteiger partial charge in [-0.1, -0.05) is 244 Å². The van der Waals surface area contributed by atoms with Crippen LogP contribution in [0.25, 0.3) is 5.57 Å². The summed E-state index contributed by atoms with van der Waals surface area (Å²) in [6, 6.07) is 77.4. The standard InChI is InChI=1S/C35H56N4.C19H23N2.2C18H28N.C15H10.2C10H12O.7ClH.3Ru/c1-11-39(10)20-18-36(19-21-39)22-29-23-37(34-30(25(2)3)14-12-15-31(34)26(4)5)24-38(29)35-32(27(6)7)16-13-17-33(35)28(8)9;1-15-11-16(2)19(17(3)12-15)21-10-9-20(14-21)13-18-7-5-4-6-8-18;2*1-7-14-10-9-11-15(8-2)16(14)19-13-17(3,4)12-18(19,5)6;1-2-6-12(7-3-1)15-11-10-13-8-4-5-9-14(13)15;2*1-8(2)11-10-7-5-4-6-9(10)3;;;;;;;;;;/h12-17,24-29H,11,18-23H2,1-10H3;4-8,11-12,14H,9-10,13H2,1-3H3;2*9-11,13H,7-8,12H2,1-6H3;1-9,11H;2*3-8H,1-2H3;7*1H;;;/q;3*-1;;;;;;;;;;;3*+2/p-7. The van der Waals surface area contributed by atoms with Gasteiger partial charge in [-0.25, -0.2) is 13.1 Å². The Bertz CT molecular complexity index is 5660. The number of fused-ring (bicyclic) bond motifs is 1. The van der Waals surface area contributed by atoms with E-state index in [0.717, 1.165) is 85.1 Å². The van der Waals surface area contributed by atoms with E-state index >= 15 is 0 Å². The third kappa shape index (κ3) is 34.2. The van der Waals surface area contributed by atoms with Gasteiger partial charge in [-0.15, -0.1) is 10.8 Å². The van der Waals surface area contributed by atoms with E-state index in [9.17, 15) is 0 Å². The number of anilines is 5. The first-order valence-corrected chi connectivity index (χ1v) is 68.6. The summed E-state index contributed by atoms with van der Waals surface area (Å²) in [6.45, 7) is 84.6. The van der Waals surface area contributed by atoms with Gasteiger partial charge in [0.2, 0.25) is 0 Å². The Balaban J connectivity index is 0.000000194. The molecular weight excluding hydrogens is 2200 g/mol. The van der Waals surface area contributed by atoms with E-state index < -0.39 is 40.6 Å². The molecule has 0 N–H and O–H groups in total. The summed E-state index contributed by atoms with van der Waals surface area (Å²) in [5.41, 5.74) is 32.2. The normalized spacial score (nSPS) is 17.2. The molecule has 16 rings (SSSR count). The molecule has 10 aromatic rings. The molecule has 798 valence electrons. The van der Waals surface area contributed by atoms with Crippen molar-refractivity contribution in [1.82, 2.24) is 9.80 Å². The number of piperazine rings is 1. The summed E-state index contributed by atoms with van der Waals surface area (Å²) >= 11 is -5.42. The molecule has 1 aliphatic carbocycles. The van der Waals surface area contributed by atoms with Gasteiger partial charge >= 0.3 is 315 Å². The van der Waals surface area contributed by atoms with Crippen LogP contribution < -0.4 is 46.4 Å². The van der Waals surface area contributed by atoms with E-state index in [-0.39, 0.29) is 46.5 Å². The van der Waals surface area contributed by atoms with E-state index in [4.69, 9.17) is 67.6 Å². The maximum absolute atomic E-state index is 6.19. The third-order valence-electron chi connectivity index (χ3n) is 27.9. The van der Waals surface area contributed by atoms with Crippen LogP contribution in [-0.2, 0) is 72.8 Å². The molecule has 10 aromatic carbocycles. The number of hydrogen-bond donors (Lipinski definition) is 0. The fraction of sp³-hybridized carbons (Fsp3) is 0.448. The van der Waals surface area contributed by atoms with Crippen molar-refractivity contribution in [1.29, 1.82) is 0 Å².